The Kier molecular flexibility index (Phi) is 3.66. The van der Waals surface area contributed by atoms with Gasteiger partial charge in [0, 0.05) is 18.2 Å². The van der Waals surface area contributed by atoms with Crippen LogP contribution in [0.15, 0.2) is 16.7 Å². The third-order valence-corrected chi connectivity index (χ3v) is 3.12. The van der Waals surface area contributed by atoms with Gasteiger partial charge >= 0.3 is 0 Å². The lowest BCUT2D eigenvalue weighted by Crippen LogP contribution is -2.46. The van der Waals surface area contributed by atoms with Gasteiger partial charge in [-0.1, -0.05) is 0 Å². The Hall–Kier alpha value is -1.82. The average molecular weight is 251 g/mol. The van der Waals surface area contributed by atoms with Gasteiger partial charge in [0.2, 0.25) is 5.91 Å². The number of carbonyl (C=O) groups excluding carboxylic acids is 2. The van der Waals surface area contributed by atoms with E-state index in [0.29, 0.717) is 6.54 Å². The van der Waals surface area contributed by atoms with Gasteiger partial charge in [0.05, 0.1) is 6.26 Å². The van der Waals surface area contributed by atoms with Gasteiger partial charge in [-0.2, -0.15) is 0 Å². The van der Waals surface area contributed by atoms with Gasteiger partial charge < -0.3 is 20.4 Å². The molecule has 1 aliphatic heterocycles. The Morgan fingerprint density at radius 1 is 1.61 bits per heavy atom. The molecule has 1 unspecified atom stereocenters. The van der Waals surface area contributed by atoms with Crippen molar-refractivity contribution in [2.75, 3.05) is 19.6 Å². The van der Waals surface area contributed by atoms with E-state index >= 15 is 0 Å². The van der Waals surface area contributed by atoms with E-state index in [1.54, 1.807) is 13.0 Å². The summed E-state index contributed by atoms with van der Waals surface area (Å²) >= 11 is 0. The van der Waals surface area contributed by atoms with Crippen LogP contribution in [0.5, 0.6) is 0 Å². The van der Waals surface area contributed by atoms with Gasteiger partial charge in [0.25, 0.3) is 5.91 Å². The average Bonchev–Trinajstić information content (AvgIpc) is 2.95. The molecule has 0 aromatic carbocycles. The monoisotopic (exact) mass is 251 g/mol. The molecule has 0 radical (unpaired) electrons. The molecule has 2 rings (SSSR count). The van der Waals surface area contributed by atoms with E-state index in [4.69, 9.17) is 10.2 Å². The van der Waals surface area contributed by atoms with Crippen molar-refractivity contribution >= 4 is 11.8 Å². The molecule has 0 aliphatic carbocycles. The first-order valence-corrected chi connectivity index (χ1v) is 5.93. The summed E-state index contributed by atoms with van der Waals surface area (Å²) in [6, 6.07) is 1.72. The van der Waals surface area contributed by atoms with E-state index in [2.05, 4.69) is 5.32 Å². The molecule has 0 spiro atoms. The summed E-state index contributed by atoms with van der Waals surface area (Å²) in [6.45, 7) is 3.24. The smallest absolute Gasteiger partial charge is 0.290 e. The van der Waals surface area contributed by atoms with Crippen LogP contribution in [0.4, 0.5) is 0 Å². The first-order chi connectivity index (χ1) is 8.59. The molecule has 1 atom stereocenters. The van der Waals surface area contributed by atoms with Gasteiger partial charge in [-0.15, -0.1) is 0 Å². The number of furan rings is 1. The molecule has 1 saturated heterocycles. The first kappa shape index (κ1) is 12.6. The second-order valence-electron chi connectivity index (χ2n) is 4.48. The molecule has 18 heavy (non-hydrogen) atoms. The van der Waals surface area contributed by atoms with E-state index in [1.807, 2.05) is 0 Å². The van der Waals surface area contributed by atoms with Gasteiger partial charge in [0.1, 0.15) is 6.54 Å². The van der Waals surface area contributed by atoms with Crippen LogP contribution < -0.4 is 11.1 Å². The van der Waals surface area contributed by atoms with Crippen LogP contribution in [-0.2, 0) is 4.79 Å². The zero-order chi connectivity index (χ0) is 13.1. The largest absolute Gasteiger partial charge is 0.459 e. The number of carbonyl (C=O) groups is 2. The molecule has 1 aromatic rings. The molecule has 1 aromatic heterocycles. The van der Waals surface area contributed by atoms with Crippen molar-refractivity contribution in [3.63, 3.8) is 0 Å². The lowest BCUT2D eigenvalue weighted by atomic mass is 10.2. The van der Waals surface area contributed by atoms with Crippen LogP contribution in [-0.4, -0.2) is 42.4 Å². The topological polar surface area (TPSA) is 88.6 Å². The van der Waals surface area contributed by atoms with Gasteiger partial charge in [-0.25, -0.2) is 0 Å². The van der Waals surface area contributed by atoms with Crippen LogP contribution in [0.3, 0.4) is 0 Å². The lowest BCUT2D eigenvalue weighted by Gasteiger charge is -2.26. The molecule has 98 valence electrons. The predicted octanol–water partition coefficient (Wildman–Crippen LogP) is -0.123. The van der Waals surface area contributed by atoms with E-state index in [9.17, 15) is 9.59 Å². The minimum absolute atomic E-state index is 0.00509. The number of primary amides is 1. The minimum atomic E-state index is -0.514. The third-order valence-electron chi connectivity index (χ3n) is 3.12. The highest BCUT2D eigenvalue weighted by atomic mass is 16.3. The normalized spacial score (nSPS) is 18.8. The zero-order valence-electron chi connectivity index (χ0n) is 10.3. The standard InChI is InChI=1S/C12H17N3O3/c1-8-3-5-18-11(8)12(17)15(7-10(13)16)9-2-4-14-6-9/h3,5,9,14H,2,4,6-7H2,1H3,(H2,13,16). The highest BCUT2D eigenvalue weighted by molar-refractivity contribution is 5.95. The Labute approximate surface area is 105 Å². The summed E-state index contributed by atoms with van der Waals surface area (Å²) in [5.74, 6) is -0.507. The van der Waals surface area contributed by atoms with Crippen molar-refractivity contribution in [3.8, 4) is 0 Å². The predicted molar refractivity (Wildman–Crippen MR) is 65.0 cm³/mol. The Morgan fingerprint density at radius 3 is 2.89 bits per heavy atom. The maximum Gasteiger partial charge on any atom is 0.290 e. The molecule has 6 heteroatoms. The zero-order valence-corrected chi connectivity index (χ0v) is 10.3. The SMILES string of the molecule is Cc1ccoc1C(=O)N(CC(N)=O)C1CCNC1. The highest BCUT2D eigenvalue weighted by Crippen LogP contribution is 2.16. The number of hydrogen-bond donors (Lipinski definition) is 2. The van der Waals surface area contributed by atoms with Crippen molar-refractivity contribution < 1.29 is 14.0 Å². The summed E-state index contributed by atoms with van der Waals surface area (Å²) in [6.07, 6.45) is 2.29. The minimum Gasteiger partial charge on any atom is -0.459 e. The number of rotatable bonds is 4. The summed E-state index contributed by atoms with van der Waals surface area (Å²) in [5, 5.41) is 3.16. The summed E-state index contributed by atoms with van der Waals surface area (Å²) in [7, 11) is 0. The molecule has 3 N–H and O–H groups in total. The van der Waals surface area contributed by atoms with Gasteiger partial charge in [-0.05, 0) is 26.0 Å². The van der Waals surface area contributed by atoms with Crippen molar-refractivity contribution in [1.29, 1.82) is 0 Å². The van der Waals surface area contributed by atoms with Crippen LogP contribution in [0.2, 0.25) is 0 Å². The van der Waals surface area contributed by atoms with E-state index < -0.39 is 5.91 Å². The molecule has 1 fully saturated rings. The van der Waals surface area contributed by atoms with E-state index in [0.717, 1.165) is 18.5 Å². The van der Waals surface area contributed by atoms with Crippen molar-refractivity contribution in [2.45, 2.75) is 19.4 Å². The number of nitrogens with zero attached hydrogens (tertiary/aromatic N) is 1. The van der Waals surface area contributed by atoms with Crippen molar-refractivity contribution in [2.24, 2.45) is 5.73 Å². The number of nitrogens with one attached hydrogen (secondary N) is 1. The number of aryl methyl sites for hydroxylation is 1. The van der Waals surface area contributed by atoms with Crippen LogP contribution in [0.25, 0.3) is 0 Å². The molecule has 0 saturated carbocycles. The number of amides is 2. The van der Waals surface area contributed by atoms with Crippen LogP contribution >= 0.6 is 0 Å². The molecular formula is C12H17N3O3. The molecule has 2 amide bonds. The highest BCUT2D eigenvalue weighted by Gasteiger charge is 2.30. The molecule has 6 nitrogen and oxygen atoms in total. The fraction of sp³-hybridized carbons (Fsp3) is 0.500. The Balaban J connectivity index is 2.20. The second-order valence-corrected chi connectivity index (χ2v) is 4.48. The van der Waals surface area contributed by atoms with Crippen molar-refractivity contribution in [3.05, 3.63) is 23.7 Å². The van der Waals surface area contributed by atoms with E-state index in [1.165, 1.54) is 11.2 Å². The fourth-order valence-corrected chi connectivity index (χ4v) is 2.16. The summed E-state index contributed by atoms with van der Waals surface area (Å²) in [5.41, 5.74) is 5.97. The Bertz CT molecular complexity index is 449. The summed E-state index contributed by atoms with van der Waals surface area (Å²) in [4.78, 5) is 24.9. The van der Waals surface area contributed by atoms with Crippen LogP contribution in [0.1, 0.15) is 22.5 Å². The second kappa shape index (κ2) is 5.22. The van der Waals surface area contributed by atoms with Gasteiger partial charge in [0.15, 0.2) is 5.76 Å². The number of hydrogen-bond acceptors (Lipinski definition) is 4. The maximum absolute atomic E-state index is 12.3. The lowest BCUT2D eigenvalue weighted by molar-refractivity contribution is -0.119. The van der Waals surface area contributed by atoms with Crippen molar-refractivity contribution in [1.82, 2.24) is 10.2 Å². The molecule has 1 aliphatic rings. The van der Waals surface area contributed by atoms with E-state index in [-0.39, 0.29) is 24.3 Å². The third kappa shape index (κ3) is 2.53. The quantitative estimate of drug-likeness (QED) is 0.780. The Morgan fingerprint density at radius 2 is 2.39 bits per heavy atom. The summed E-state index contributed by atoms with van der Waals surface area (Å²) < 4.78 is 5.18. The number of nitrogens with two attached hydrogens (primary N) is 1. The fourth-order valence-electron chi connectivity index (χ4n) is 2.16. The molecular weight excluding hydrogens is 234 g/mol. The first-order valence-electron chi connectivity index (χ1n) is 5.93. The van der Waals surface area contributed by atoms with Gasteiger partial charge in [-0.3, -0.25) is 9.59 Å². The maximum atomic E-state index is 12.3. The molecule has 0 bridgehead atoms. The molecule has 2 heterocycles. The van der Waals surface area contributed by atoms with Crippen LogP contribution in [0, 0.1) is 6.92 Å².